The number of nitrogens with one attached hydrogen (secondary N) is 2. The molecule has 0 bridgehead atoms. The number of hydrogen-bond donors (Lipinski definition) is 4. The van der Waals surface area contributed by atoms with Gasteiger partial charge in [0.25, 0.3) is 0 Å². The van der Waals surface area contributed by atoms with Gasteiger partial charge in [0.1, 0.15) is 12.3 Å². The number of carbonyl (C=O) groups is 2. The van der Waals surface area contributed by atoms with Crippen molar-refractivity contribution in [3.8, 4) is 11.1 Å². The van der Waals surface area contributed by atoms with Gasteiger partial charge in [-0.2, -0.15) is 0 Å². The largest absolute Gasteiger partial charge is 0.481 e. The highest BCUT2D eigenvalue weighted by atomic mass is 32.2. The van der Waals surface area contributed by atoms with Gasteiger partial charge >= 0.3 is 5.97 Å². The second-order valence-corrected chi connectivity index (χ2v) is 11.1. The fraction of sp³-hybridized carbons (Fsp3) is 0.136. The average Bonchev–Trinajstić information content (AvgIpc) is 3.19. The van der Waals surface area contributed by atoms with Crippen LogP contribution in [0.3, 0.4) is 0 Å². The fourth-order valence-corrected chi connectivity index (χ4v) is 7.16. The Morgan fingerprint density at radius 3 is 2.52 bits per heavy atom. The van der Waals surface area contributed by atoms with E-state index in [1.54, 1.807) is 30.5 Å². The lowest BCUT2D eigenvalue weighted by atomic mass is 9.98. The van der Waals surface area contributed by atoms with E-state index in [0.29, 0.717) is 25.9 Å². The lowest BCUT2D eigenvalue weighted by Crippen LogP contribution is -2.16. The summed E-state index contributed by atoms with van der Waals surface area (Å²) in [7, 11) is -3.92. The smallest absolute Gasteiger partial charge is 0.312 e. The van der Waals surface area contributed by atoms with Crippen LogP contribution in [0.4, 0.5) is 5.69 Å². The number of nitrogen functional groups attached to an aromatic ring is 1. The number of amidine groups is 1. The van der Waals surface area contributed by atoms with E-state index in [0.717, 1.165) is 16.9 Å². The molecule has 0 unspecified atom stereocenters. The van der Waals surface area contributed by atoms with Crippen LogP contribution in [0.5, 0.6) is 0 Å². The molecule has 1 heterocycles. The first-order valence-corrected chi connectivity index (χ1v) is 13.1. The molecular formula is C22H21N3O5S3. The molecule has 1 aromatic heterocycles. The van der Waals surface area contributed by atoms with Crippen molar-refractivity contribution in [3.05, 3.63) is 59.0 Å². The van der Waals surface area contributed by atoms with E-state index in [-0.39, 0.29) is 15.6 Å². The molecule has 0 atom stereocenters. The zero-order chi connectivity index (χ0) is 24.3. The van der Waals surface area contributed by atoms with Gasteiger partial charge in [-0.1, -0.05) is 24.3 Å². The Balaban J connectivity index is 2.10. The van der Waals surface area contributed by atoms with Crippen LogP contribution in [-0.2, 0) is 19.4 Å². The van der Waals surface area contributed by atoms with Gasteiger partial charge in [0.15, 0.2) is 0 Å². The van der Waals surface area contributed by atoms with Crippen LogP contribution in [0.15, 0.2) is 62.5 Å². The molecule has 1 amide bonds. The highest BCUT2D eigenvalue weighted by Crippen LogP contribution is 2.38. The third-order valence-corrected chi connectivity index (χ3v) is 9.04. The molecule has 0 aliphatic heterocycles. The van der Waals surface area contributed by atoms with Crippen molar-refractivity contribution >= 4 is 56.3 Å². The van der Waals surface area contributed by atoms with Crippen LogP contribution in [0, 0.1) is 12.3 Å². The first-order valence-electron chi connectivity index (χ1n) is 9.53. The lowest BCUT2D eigenvalue weighted by Gasteiger charge is -2.15. The number of carboxylic acids is 1. The van der Waals surface area contributed by atoms with Crippen LogP contribution in [0.1, 0.15) is 16.9 Å². The number of carboxylic acid groups (broad SMARTS) is 1. The zero-order valence-corrected chi connectivity index (χ0v) is 20.2. The van der Waals surface area contributed by atoms with Crippen molar-refractivity contribution in [1.29, 1.82) is 5.41 Å². The van der Waals surface area contributed by atoms with E-state index >= 15 is 0 Å². The molecule has 3 aromatic rings. The minimum atomic E-state index is -3.92. The Kier molecular flexibility index (Phi) is 7.25. The van der Waals surface area contributed by atoms with Crippen molar-refractivity contribution in [2.45, 2.75) is 27.3 Å². The first kappa shape index (κ1) is 24.5. The zero-order valence-electron chi connectivity index (χ0n) is 17.7. The standard InChI is InChI=1S/C22H21N3O5S3/c1-12-5-3-8-15(25-18(26)11-19(27)28)20(12)13-6-4-7-14(9-13)33(29,30)17-10-16(21(23)24)32-22(17)31-2/h3-10H,11H2,1-2H3,(H3,23,24)(H,25,26)(H,27,28). The van der Waals surface area contributed by atoms with Crippen LogP contribution in [0.2, 0.25) is 0 Å². The number of rotatable bonds is 8. The quantitative estimate of drug-likeness (QED) is 0.157. The Morgan fingerprint density at radius 2 is 1.88 bits per heavy atom. The monoisotopic (exact) mass is 503 g/mol. The summed E-state index contributed by atoms with van der Waals surface area (Å²) in [4.78, 5) is 23.4. The van der Waals surface area contributed by atoms with Gasteiger partial charge < -0.3 is 16.2 Å². The second kappa shape index (κ2) is 9.77. The molecule has 0 radical (unpaired) electrons. The molecule has 5 N–H and O–H groups in total. The van der Waals surface area contributed by atoms with Crippen LogP contribution in [0.25, 0.3) is 11.1 Å². The molecule has 0 aliphatic rings. The molecule has 0 spiro atoms. The third kappa shape index (κ3) is 5.27. The summed E-state index contributed by atoms with van der Waals surface area (Å²) in [5, 5.41) is 19.1. The molecule has 0 aliphatic carbocycles. The molecule has 0 saturated carbocycles. The van der Waals surface area contributed by atoms with E-state index < -0.39 is 28.1 Å². The highest BCUT2D eigenvalue weighted by molar-refractivity contribution is 8.01. The van der Waals surface area contributed by atoms with Gasteiger partial charge in [-0.15, -0.1) is 23.1 Å². The molecule has 172 valence electrons. The van der Waals surface area contributed by atoms with Crippen molar-refractivity contribution in [2.24, 2.45) is 5.73 Å². The van der Waals surface area contributed by atoms with Crippen LogP contribution >= 0.6 is 23.1 Å². The number of aliphatic carboxylic acids is 1. The molecule has 8 nitrogen and oxygen atoms in total. The number of benzene rings is 2. The summed E-state index contributed by atoms with van der Waals surface area (Å²) in [5.41, 5.74) is 7.85. The molecular weight excluding hydrogens is 482 g/mol. The summed E-state index contributed by atoms with van der Waals surface area (Å²) in [6.07, 6.45) is 1.07. The SMILES string of the molecule is CSc1sc(C(=N)N)cc1S(=O)(=O)c1cccc(-c2c(C)cccc2NC(=O)CC(=O)O)c1. The number of carbonyl (C=O) groups excluding carboxylic acids is 1. The maximum Gasteiger partial charge on any atom is 0.312 e. The Labute approximate surface area is 199 Å². The van der Waals surface area contributed by atoms with Crippen molar-refractivity contribution in [1.82, 2.24) is 0 Å². The van der Waals surface area contributed by atoms with E-state index in [1.165, 1.54) is 30.0 Å². The van der Waals surface area contributed by atoms with Gasteiger partial charge in [0.05, 0.1) is 18.9 Å². The Hall–Kier alpha value is -3.15. The molecule has 11 heteroatoms. The predicted octanol–water partition coefficient (Wildman–Crippen LogP) is 3.98. The number of hydrogen-bond acceptors (Lipinski definition) is 7. The molecule has 0 fully saturated rings. The Bertz CT molecular complexity index is 1360. The van der Waals surface area contributed by atoms with Gasteiger partial charge in [0, 0.05) is 11.3 Å². The van der Waals surface area contributed by atoms with Gasteiger partial charge in [-0.3, -0.25) is 15.0 Å². The van der Waals surface area contributed by atoms with Gasteiger partial charge in [0.2, 0.25) is 15.7 Å². The molecule has 0 saturated heterocycles. The summed E-state index contributed by atoms with van der Waals surface area (Å²) in [5.74, 6) is -2.13. The van der Waals surface area contributed by atoms with E-state index in [2.05, 4.69) is 5.32 Å². The summed E-state index contributed by atoms with van der Waals surface area (Å²) < 4.78 is 27.4. The third-order valence-electron chi connectivity index (χ3n) is 4.70. The maximum absolute atomic E-state index is 13.4. The number of anilines is 1. The van der Waals surface area contributed by atoms with Crippen molar-refractivity contribution in [3.63, 3.8) is 0 Å². The van der Waals surface area contributed by atoms with E-state index in [9.17, 15) is 18.0 Å². The van der Waals surface area contributed by atoms with Crippen LogP contribution in [-0.4, -0.2) is 37.5 Å². The van der Waals surface area contributed by atoms with Crippen molar-refractivity contribution in [2.75, 3.05) is 11.6 Å². The van der Waals surface area contributed by atoms with Gasteiger partial charge in [-0.05, 0) is 48.6 Å². The van der Waals surface area contributed by atoms with Crippen molar-refractivity contribution < 1.29 is 23.1 Å². The minimum absolute atomic E-state index is 0.0502. The minimum Gasteiger partial charge on any atom is -0.481 e. The summed E-state index contributed by atoms with van der Waals surface area (Å²) >= 11 is 2.41. The molecule has 3 rings (SSSR count). The lowest BCUT2D eigenvalue weighted by molar-refractivity contribution is -0.139. The van der Waals surface area contributed by atoms with Crippen LogP contribution < -0.4 is 11.1 Å². The number of sulfone groups is 1. The topological polar surface area (TPSA) is 150 Å². The number of aryl methyl sites for hydroxylation is 1. The number of amides is 1. The maximum atomic E-state index is 13.4. The van der Waals surface area contributed by atoms with E-state index in [4.69, 9.17) is 16.2 Å². The molecule has 2 aromatic carbocycles. The highest BCUT2D eigenvalue weighted by Gasteiger charge is 2.25. The molecule has 33 heavy (non-hydrogen) atoms. The second-order valence-electron chi connectivity index (χ2n) is 7.03. The fourth-order valence-electron chi connectivity index (χ4n) is 3.25. The first-order chi connectivity index (χ1) is 15.5. The predicted molar refractivity (Wildman–Crippen MR) is 130 cm³/mol. The Morgan fingerprint density at radius 1 is 1.18 bits per heavy atom. The van der Waals surface area contributed by atoms with E-state index in [1.807, 2.05) is 13.0 Å². The number of thiophene rings is 1. The summed E-state index contributed by atoms with van der Waals surface area (Å²) in [6, 6.07) is 12.9. The summed E-state index contributed by atoms with van der Waals surface area (Å²) in [6.45, 7) is 1.81. The number of nitrogens with two attached hydrogens (primary N) is 1. The van der Waals surface area contributed by atoms with Gasteiger partial charge in [-0.25, -0.2) is 8.42 Å². The number of thioether (sulfide) groups is 1. The average molecular weight is 504 g/mol. The normalized spacial score (nSPS) is 11.2.